The van der Waals surface area contributed by atoms with Gasteiger partial charge in [-0.25, -0.2) is 0 Å². The van der Waals surface area contributed by atoms with Crippen LogP contribution in [0.1, 0.15) is 12.8 Å². The van der Waals surface area contributed by atoms with Crippen LogP contribution in [0.4, 0.5) is 0 Å². The maximum atomic E-state index is 10.5. The number of carboxylic acid groups (broad SMARTS) is 1. The molecule has 5 N–H and O–H groups in total. The van der Waals surface area contributed by atoms with E-state index in [9.17, 15) is 4.79 Å². The van der Waals surface area contributed by atoms with Gasteiger partial charge in [-0.3, -0.25) is 4.79 Å². The summed E-state index contributed by atoms with van der Waals surface area (Å²) in [5.74, 6) is -1.74. The van der Waals surface area contributed by atoms with Gasteiger partial charge in [-0.05, 0) is 12.8 Å². The molecule has 1 fully saturated rings. The highest BCUT2D eigenvalue weighted by Crippen LogP contribution is 2.23. The van der Waals surface area contributed by atoms with Crippen LogP contribution in [-0.4, -0.2) is 39.5 Å². The minimum absolute atomic E-state index is 0.0394. The van der Waals surface area contributed by atoms with Gasteiger partial charge in [0.25, 0.3) is 0 Å². The lowest BCUT2D eigenvalue weighted by atomic mass is 9.82. The molecular weight excluding hydrogens is 162 g/mol. The lowest BCUT2D eigenvalue weighted by Crippen LogP contribution is -2.48. The number of hydrogen-bond donors (Lipinski definition) is 4. The number of aliphatic hydroxyl groups is 2. The predicted octanol–water partition coefficient (Wildman–Crippen LogP) is -1.47. The summed E-state index contributed by atoms with van der Waals surface area (Å²) >= 11 is 0. The number of aliphatic carboxylic acids is 1. The fourth-order valence-corrected chi connectivity index (χ4v) is 1.48. The van der Waals surface area contributed by atoms with Gasteiger partial charge in [0.15, 0.2) is 0 Å². The van der Waals surface area contributed by atoms with E-state index in [1.165, 1.54) is 0 Å². The molecular formula is C7H13NO4. The van der Waals surface area contributed by atoms with Crippen LogP contribution in [-0.2, 0) is 4.79 Å². The summed E-state index contributed by atoms with van der Waals surface area (Å²) in [6.07, 6.45) is -1.64. The van der Waals surface area contributed by atoms with Gasteiger partial charge in [-0.1, -0.05) is 0 Å². The third-order valence-corrected chi connectivity index (χ3v) is 2.29. The highest BCUT2D eigenvalue weighted by atomic mass is 16.4. The molecule has 0 saturated heterocycles. The zero-order valence-corrected chi connectivity index (χ0v) is 6.55. The molecule has 0 aromatic heterocycles. The average Bonchev–Trinajstić information content (AvgIpc) is 1.96. The molecule has 0 radical (unpaired) electrons. The van der Waals surface area contributed by atoms with Crippen LogP contribution in [0.15, 0.2) is 0 Å². The second kappa shape index (κ2) is 3.38. The summed E-state index contributed by atoms with van der Waals surface area (Å²) in [6.45, 7) is 0. The smallest absolute Gasteiger partial charge is 0.308 e. The molecule has 4 atom stereocenters. The summed E-state index contributed by atoms with van der Waals surface area (Å²) in [7, 11) is 0. The molecule has 0 aromatic carbocycles. The summed E-state index contributed by atoms with van der Waals surface area (Å²) in [6, 6.07) is -0.555. The molecule has 0 aromatic rings. The normalized spacial score (nSPS) is 42.6. The Kier molecular flexibility index (Phi) is 2.66. The maximum Gasteiger partial charge on any atom is 0.308 e. The zero-order chi connectivity index (χ0) is 9.30. The van der Waals surface area contributed by atoms with Crippen molar-refractivity contribution >= 4 is 5.97 Å². The highest BCUT2D eigenvalue weighted by molar-refractivity contribution is 5.71. The Hall–Kier alpha value is -0.650. The van der Waals surface area contributed by atoms with E-state index in [2.05, 4.69) is 0 Å². The van der Waals surface area contributed by atoms with Crippen LogP contribution in [0.25, 0.3) is 0 Å². The van der Waals surface area contributed by atoms with Crippen molar-refractivity contribution in [2.24, 2.45) is 11.7 Å². The Morgan fingerprint density at radius 1 is 1.25 bits per heavy atom. The van der Waals surface area contributed by atoms with E-state index in [0.717, 1.165) is 0 Å². The van der Waals surface area contributed by atoms with Crippen molar-refractivity contribution in [3.8, 4) is 0 Å². The molecule has 0 unspecified atom stereocenters. The molecule has 0 amide bonds. The van der Waals surface area contributed by atoms with E-state index in [1.807, 2.05) is 0 Å². The molecule has 70 valence electrons. The van der Waals surface area contributed by atoms with Crippen molar-refractivity contribution in [3.63, 3.8) is 0 Å². The summed E-state index contributed by atoms with van der Waals surface area (Å²) in [5, 5.41) is 26.9. The second-order valence-corrected chi connectivity index (χ2v) is 3.21. The van der Waals surface area contributed by atoms with Crippen LogP contribution in [0.3, 0.4) is 0 Å². The van der Waals surface area contributed by atoms with Crippen LogP contribution in [0, 0.1) is 5.92 Å². The Bertz CT molecular complexity index is 184. The molecule has 0 bridgehead atoms. The molecule has 0 heterocycles. The van der Waals surface area contributed by atoms with Gasteiger partial charge in [0.1, 0.15) is 0 Å². The van der Waals surface area contributed by atoms with Gasteiger partial charge in [0, 0.05) is 6.04 Å². The number of aliphatic hydroxyl groups excluding tert-OH is 2. The largest absolute Gasteiger partial charge is 0.481 e. The van der Waals surface area contributed by atoms with Crippen LogP contribution in [0.5, 0.6) is 0 Å². The molecule has 1 aliphatic carbocycles. The average molecular weight is 175 g/mol. The van der Waals surface area contributed by atoms with E-state index in [1.54, 1.807) is 0 Å². The Morgan fingerprint density at radius 3 is 2.25 bits per heavy atom. The molecule has 1 rings (SSSR count). The number of rotatable bonds is 1. The third-order valence-electron chi connectivity index (χ3n) is 2.29. The number of nitrogens with two attached hydrogens (primary N) is 1. The maximum absolute atomic E-state index is 10.5. The van der Waals surface area contributed by atoms with Gasteiger partial charge in [-0.2, -0.15) is 0 Å². The standard InChI is InChI=1S/C7H13NO4/c8-4-2-6(10)5(9)1-3(4)7(11)12/h3-6,9-10H,1-2,8H2,(H,11,12)/t3-,4-,5+,6-/m0/s1. The highest BCUT2D eigenvalue weighted by Gasteiger charge is 2.37. The van der Waals surface area contributed by atoms with Crippen molar-refractivity contribution in [3.05, 3.63) is 0 Å². The Morgan fingerprint density at radius 2 is 1.75 bits per heavy atom. The van der Waals surface area contributed by atoms with Crippen molar-refractivity contribution in [1.29, 1.82) is 0 Å². The lowest BCUT2D eigenvalue weighted by Gasteiger charge is -2.32. The number of carboxylic acids is 1. The van der Waals surface area contributed by atoms with Gasteiger partial charge in [0.2, 0.25) is 0 Å². The second-order valence-electron chi connectivity index (χ2n) is 3.21. The molecule has 1 saturated carbocycles. The minimum atomic E-state index is -1.01. The van der Waals surface area contributed by atoms with Gasteiger partial charge in [0.05, 0.1) is 18.1 Å². The van der Waals surface area contributed by atoms with Crippen molar-refractivity contribution in [2.45, 2.75) is 31.1 Å². The molecule has 5 heteroatoms. The Balaban J connectivity index is 2.61. The van der Waals surface area contributed by atoms with E-state index >= 15 is 0 Å². The van der Waals surface area contributed by atoms with Crippen molar-refractivity contribution in [2.75, 3.05) is 0 Å². The quantitative estimate of drug-likeness (QED) is 0.389. The van der Waals surface area contributed by atoms with Crippen LogP contribution < -0.4 is 5.73 Å². The fraction of sp³-hybridized carbons (Fsp3) is 0.857. The van der Waals surface area contributed by atoms with Crippen LogP contribution in [0.2, 0.25) is 0 Å². The first-order valence-corrected chi connectivity index (χ1v) is 3.87. The molecule has 12 heavy (non-hydrogen) atoms. The summed E-state index contributed by atoms with van der Waals surface area (Å²) < 4.78 is 0. The first-order valence-electron chi connectivity index (χ1n) is 3.87. The van der Waals surface area contributed by atoms with Gasteiger partial charge >= 0.3 is 5.97 Å². The molecule has 5 nitrogen and oxygen atoms in total. The van der Waals surface area contributed by atoms with E-state index < -0.39 is 30.1 Å². The predicted molar refractivity (Wildman–Crippen MR) is 40.3 cm³/mol. The number of carbonyl (C=O) groups is 1. The molecule has 0 spiro atoms. The Labute approximate surface area is 69.8 Å². The first kappa shape index (κ1) is 9.44. The SMILES string of the molecule is N[C@H]1C[C@H](O)[C@H](O)C[C@@H]1C(=O)O. The van der Waals surface area contributed by atoms with E-state index in [0.29, 0.717) is 0 Å². The van der Waals surface area contributed by atoms with E-state index in [4.69, 9.17) is 21.1 Å². The van der Waals surface area contributed by atoms with Gasteiger partial charge in [-0.15, -0.1) is 0 Å². The number of hydrogen-bond acceptors (Lipinski definition) is 4. The monoisotopic (exact) mass is 175 g/mol. The summed E-state index contributed by atoms with van der Waals surface area (Å²) in [4.78, 5) is 10.5. The fourth-order valence-electron chi connectivity index (χ4n) is 1.48. The van der Waals surface area contributed by atoms with Crippen molar-refractivity contribution < 1.29 is 20.1 Å². The van der Waals surface area contributed by atoms with E-state index in [-0.39, 0.29) is 12.8 Å². The van der Waals surface area contributed by atoms with Gasteiger partial charge < -0.3 is 21.1 Å². The zero-order valence-electron chi connectivity index (χ0n) is 6.55. The lowest BCUT2D eigenvalue weighted by molar-refractivity contribution is -0.147. The van der Waals surface area contributed by atoms with Crippen molar-refractivity contribution in [1.82, 2.24) is 0 Å². The topological polar surface area (TPSA) is 104 Å². The molecule has 1 aliphatic rings. The van der Waals surface area contributed by atoms with Crippen LogP contribution >= 0.6 is 0 Å². The first-order chi connectivity index (χ1) is 5.52. The molecule has 0 aliphatic heterocycles. The summed E-state index contributed by atoms with van der Waals surface area (Å²) in [5.41, 5.74) is 5.48. The minimum Gasteiger partial charge on any atom is -0.481 e. The third kappa shape index (κ3) is 1.74.